The van der Waals surface area contributed by atoms with Crippen LogP contribution in [0.3, 0.4) is 0 Å². The predicted molar refractivity (Wildman–Crippen MR) is 33.0 cm³/mol. The molecule has 8 heavy (non-hydrogen) atoms. The summed E-state index contributed by atoms with van der Waals surface area (Å²) in [5.41, 5.74) is 0.984. The lowest BCUT2D eigenvalue weighted by Crippen LogP contribution is -2.13. The van der Waals surface area contributed by atoms with Gasteiger partial charge in [0, 0.05) is 19.8 Å². The fourth-order valence-corrected chi connectivity index (χ4v) is 1.02. The lowest BCUT2D eigenvalue weighted by molar-refractivity contribution is -0.487. The molecule has 0 aliphatic carbocycles. The monoisotopic (exact) mass is 113 g/mol. The third-order valence-corrected chi connectivity index (χ3v) is 1.70. The zero-order valence-corrected chi connectivity index (χ0v) is 5.35. The average molecular weight is 113 g/mol. The second-order valence-electron chi connectivity index (χ2n) is 2.45. The Bertz CT molecular complexity index is 128. The molecule has 46 valence electrons. The summed E-state index contributed by atoms with van der Waals surface area (Å²) < 4.78 is 1.11. The van der Waals surface area contributed by atoms with Gasteiger partial charge in [-0.15, -0.1) is 0 Å². The number of hydrogen-bond acceptors (Lipinski definition) is 1. The van der Waals surface area contributed by atoms with Crippen LogP contribution in [0.15, 0.2) is 0 Å². The van der Waals surface area contributed by atoms with E-state index in [-0.39, 0.29) is 6.04 Å². The molecule has 0 saturated carbocycles. The van der Waals surface area contributed by atoms with Gasteiger partial charge >= 0.3 is 0 Å². The van der Waals surface area contributed by atoms with E-state index in [0.29, 0.717) is 0 Å². The summed E-state index contributed by atoms with van der Waals surface area (Å²) in [4.78, 5) is 0. The van der Waals surface area contributed by atoms with Gasteiger partial charge in [0.15, 0.2) is 11.8 Å². The summed E-state index contributed by atoms with van der Waals surface area (Å²) in [6.07, 6.45) is 2.03. The Morgan fingerprint density at radius 3 is 2.50 bits per heavy atom. The van der Waals surface area contributed by atoms with Gasteiger partial charge in [-0.1, -0.05) is 0 Å². The van der Waals surface area contributed by atoms with Crippen molar-refractivity contribution < 1.29 is 4.74 Å². The summed E-state index contributed by atoms with van der Waals surface area (Å²) in [6.45, 7) is 3.86. The Morgan fingerprint density at radius 2 is 2.38 bits per heavy atom. The van der Waals surface area contributed by atoms with E-state index >= 15 is 0 Å². The maximum Gasteiger partial charge on any atom is 0.160 e. The normalized spacial score (nSPS) is 29.5. The van der Waals surface area contributed by atoms with Gasteiger partial charge in [-0.25, -0.2) is 4.74 Å². The molecule has 0 aromatic rings. The molecule has 0 fully saturated rings. The molecule has 0 amide bonds. The summed E-state index contributed by atoms with van der Waals surface area (Å²) in [7, 11) is 0. The van der Waals surface area contributed by atoms with Crippen molar-refractivity contribution in [3.8, 4) is 0 Å². The number of hydroxylamine groups is 1. The van der Waals surface area contributed by atoms with Gasteiger partial charge in [0.25, 0.3) is 0 Å². The SMILES string of the molecule is CC1=[N+]([O-])[C@H](C)CC1. The molecule has 2 nitrogen and oxygen atoms in total. The van der Waals surface area contributed by atoms with Crippen molar-refractivity contribution in [2.75, 3.05) is 0 Å². The largest absolute Gasteiger partial charge is 0.624 e. The molecule has 0 bridgehead atoms. The van der Waals surface area contributed by atoms with Gasteiger partial charge in [0.2, 0.25) is 0 Å². The van der Waals surface area contributed by atoms with Crippen LogP contribution in [0, 0.1) is 5.21 Å². The molecule has 0 unspecified atom stereocenters. The Hall–Kier alpha value is -0.530. The highest BCUT2D eigenvalue weighted by atomic mass is 16.5. The average Bonchev–Trinajstić information content (AvgIpc) is 1.98. The Morgan fingerprint density at radius 1 is 1.75 bits per heavy atom. The van der Waals surface area contributed by atoms with Crippen molar-refractivity contribution in [3.63, 3.8) is 0 Å². The molecule has 0 spiro atoms. The van der Waals surface area contributed by atoms with Crippen LogP contribution in [0.5, 0.6) is 0 Å². The first-order valence-corrected chi connectivity index (χ1v) is 3.00. The van der Waals surface area contributed by atoms with E-state index in [4.69, 9.17) is 0 Å². The van der Waals surface area contributed by atoms with Gasteiger partial charge in [0.05, 0.1) is 0 Å². The van der Waals surface area contributed by atoms with Crippen LogP contribution >= 0.6 is 0 Å². The molecule has 0 aromatic carbocycles. The highest BCUT2D eigenvalue weighted by molar-refractivity contribution is 5.78. The number of rotatable bonds is 0. The zero-order valence-electron chi connectivity index (χ0n) is 5.35. The number of hydrogen-bond donors (Lipinski definition) is 0. The van der Waals surface area contributed by atoms with Gasteiger partial charge in [-0.3, -0.25) is 0 Å². The van der Waals surface area contributed by atoms with E-state index in [9.17, 15) is 5.21 Å². The lowest BCUT2D eigenvalue weighted by Gasteiger charge is -2.03. The van der Waals surface area contributed by atoms with Crippen molar-refractivity contribution in [1.29, 1.82) is 0 Å². The Balaban J connectivity index is 2.71. The van der Waals surface area contributed by atoms with Crippen LogP contribution in [0.1, 0.15) is 26.7 Å². The second kappa shape index (κ2) is 1.77. The van der Waals surface area contributed by atoms with Crippen LogP contribution in [0.4, 0.5) is 0 Å². The Labute approximate surface area is 49.4 Å². The van der Waals surface area contributed by atoms with Gasteiger partial charge in [-0.2, -0.15) is 0 Å². The predicted octanol–water partition coefficient (Wildman–Crippen LogP) is 1.14. The first-order chi connectivity index (χ1) is 3.72. The third kappa shape index (κ3) is 0.703. The fourth-order valence-electron chi connectivity index (χ4n) is 1.02. The topological polar surface area (TPSA) is 26.1 Å². The maximum absolute atomic E-state index is 10.8. The Kier molecular flexibility index (Phi) is 1.24. The van der Waals surface area contributed by atoms with E-state index in [0.717, 1.165) is 23.3 Å². The van der Waals surface area contributed by atoms with Crippen molar-refractivity contribution in [2.24, 2.45) is 0 Å². The quantitative estimate of drug-likeness (QED) is 0.341. The minimum atomic E-state index is 0.231. The summed E-state index contributed by atoms with van der Waals surface area (Å²) in [5, 5.41) is 10.8. The fraction of sp³-hybridized carbons (Fsp3) is 0.833. The first-order valence-electron chi connectivity index (χ1n) is 3.00. The molecule has 0 saturated heterocycles. The van der Waals surface area contributed by atoms with Crippen molar-refractivity contribution in [1.82, 2.24) is 0 Å². The van der Waals surface area contributed by atoms with E-state index in [1.165, 1.54) is 0 Å². The molecular formula is C6H11NO. The molecule has 1 atom stereocenters. The minimum Gasteiger partial charge on any atom is -0.624 e. The van der Waals surface area contributed by atoms with E-state index in [2.05, 4.69) is 0 Å². The highest BCUT2D eigenvalue weighted by Crippen LogP contribution is 2.10. The maximum atomic E-state index is 10.8. The molecule has 0 aromatic heterocycles. The van der Waals surface area contributed by atoms with Crippen LogP contribution in [-0.4, -0.2) is 16.5 Å². The van der Waals surface area contributed by atoms with Crippen LogP contribution in [-0.2, 0) is 0 Å². The van der Waals surface area contributed by atoms with E-state index < -0.39 is 0 Å². The molecule has 1 aliphatic rings. The molecule has 1 aliphatic heterocycles. The van der Waals surface area contributed by atoms with Crippen molar-refractivity contribution in [3.05, 3.63) is 5.21 Å². The molecular weight excluding hydrogens is 102 g/mol. The highest BCUT2D eigenvalue weighted by Gasteiger charge is 2.20. The van der Waals surface area contributed by atoms with E-state index in [1.54, 1.807) is 0 Å². The van der Waals surface area contributed by atoms with Gasteiger partial charge in [-0.05, 0) is 6.92 Å². The number of nitrogens with zero attached hydrogens (tertiary/aromatic N) is 1. The van der Waals surface area contributed by atoms with Crippen molar-refractivity contribution >= 4 is 5.71 Å². The van der Waals surface area contributed by atoms with Crippen molar-refractivity contribution in [2.45, 2.75) is 32.7 Å². The molecule has 0 radical (unpaired) electrons. The summed E-state index contributed by atoms with van der Waals surface area (Å²) in [5.74, 6) is 0. The van der Waals surface area contributed by atoms with E-state index in [1.807, 2.05) is 13.8 Å². The zero-order chi connectivity index (χ0) is 6.15. The molecule has 1 heterocycles. The van der Waals surface area contributed by atoms with Gasteiger partial charge < -0.3 is 5.21 Å². The second-order valence-corrected chi connectivity index (χ2v) is 2.45. The van der Waals surface area contributed by atoms with Crippen LogP contribution in [0.25, 0.3) is 0 Å². The molecule has 1 rings (SSSR count). The third-order valence-electron chi connectivity index (χ3n) is 1.70. The standard InChI is InChI=1S/C6H11NO/c1-5-3-4-6(2)7(5)8/h5H,3-4H2,1-2H3/t5-/m1/s1. The van der Waals surface area contributed by atoms with Crippen LogP contribution in [0.2, 0.25) is 0 Å². The van der Waals surface area contributed by atoms with Gasteiger partial charge in [0.1, 0.15) is 0 Å². The summed E-state index contributed by atoms with van der Waals surface area (Å²) >= 11 is 0. The molecule has 0 N–H and O–H groups in total. The minimum absolute atomic E-state index is 0.231. The molecule has 2 heteroatoms. The summed E-state index contributed by atoms with van der Waals surface area (Å²) in [6, 6.07) is 0.231. The smallest absolute Gasteiger partial charge is 0.160 e. The van der Waals surface area contributed by atoms with Crippen LogP contribution < -0.4 is 0 Å². The first kappa shape index (κ1) is 5.60. The lowest BCUT2D eigenvalue weighted by atomic mass is 10.2.